The number of nitrogens with zero attached hydrogens (tertiary/aromatic N) is 3. The highest BCUT2D eigenvalue weighted by atomic mass is 35.5. The second kappa shape index (κ2) is 10.3. The van der Waals surface area contributed by atoms with E-state index in [1.165, 1.54) is 30.9 Å². The summed E-state index contributed by atoms with van der Waals surface area (Å²) in [4.78, 5) is 17.0. The van der Waals surface area contributed by atoms with Crippen LogP contribution >= 0.6 is 11.6 Å². The molecule has 5 rings (SSSR count). The summed E-state index contributed by atoms with van der Waals surface area (Å²) in [5, 5.41) is 9.54. The van der Waals surface area contributed by atoms with Crippen molar-refractivity contribution >= 4 is 17.5 Å². The molecule has 3 fully saturated rings. The van der Waals surface area contributed by atoms with E-state index in [0.717, 1.165) is 43.7 Å². The molecule has 0 bridgehead atoms. The van der Waals surface area contributed by atoms with E-state index in [1.807, 2.05) is 0 Å². The zero-order valence-corrected chi connectivity index (χ0v) is 20.9. The number of hydrogen-bond acceptors (Lipinski definition) is 3. The van der Waals surface area contributed by atoms with Crippen molar-refractivity contribution in [2.45, 2.75) is 56.4 Å². The number of halogens is 2. The van der Waals surface area contributed by atoms with Crippen molar-refractivity contribution in [2.24, 2.45) is 11.8 Å². The first-order valence-electron chi connectivity index (χ1n) is 12.9. The molecule has 1 aliphatic carbocycles. The van der Waals surface area contributed by atoms with E-state index < -0.39 is 5.82 Å². The Bertz CT molecular complexity index is 1090. The highest BCUT2D eigenvalue weighted by Crippen LogP contribution is 2.51. The number of carbonyl (C=O) groups excluding carboxylic acids is 1. The molecule has 4 nitrogen and oxygen atoms in total. The van der Waals surface area contributed by atoms with E-state index >= 15 is 0 Å². The molecule has 2 unspecified atom stereocenters. The fourth-order valence-electron chi connectivity index (χ4n) is 6.19. The third kappa shape index (κ3) is 5.25. The first-order valence-corrected chi connectivity index (χ1v) is 13.2. The molecule has 2 aromatic carbocycles. The van der Waals surface area contributed by atoms with Gasteiger partial charge in [0.1, 0.15) is 5.82 Å². The number of benzene rings is 2. The van der Waals surface area contributed by atoms with Gasteiger partial charge in [0, 0.05) is 13.1 Å². The first-order chi connectivity index (χ1) is 17.0. The molecule has 0 radical (unpaired) electrons. The van der Waals surface area contributed by atoms with Crippen molar-refractivity contribution in [3.63, 3.8) is 0 Å². The molecule has 1 saturated carbocycles. The van der Waals surface area contributed by atoms with E-state index in [-0.39, 0.29) is 22.9 Å². The highest BCUT2D eigenvalue weighted by Gasteiger charge is 2.50. The molecule has 3 aliphatic rings. The lowest BCUT2D eigenvalue weighted by molar-refractivity contribution is -0.147. The average Bonchev–Trinajstić information content (AvgIpc) is 3.63. The van der Waals surface area contributed by atoms with Gasteiger partial charge >= 0.3 is 0 Å². The van der Waals surface area contributed by atoms with Crippen LogP contribution in [0.4, 0.5) is 4.39 Å². The van der Waals surface area contributed by atoms with Gasteiger partial charge in [-0.25, -0.2) is 4.39 Å². The van der Waals surface area contributed by atoms with Crippen molar-refractivity contribution in [1.82, 2.24) is 9.80 Å². The van der Waals surface area contributed by atoms with E-state index in [0.29, 0.717) is 25.1 Å². The maximum atomic E-state index is 14.2. The summed E-state index contributed by atoms with van der Waals surface area (Å²) in [5.41, 5.74) is 1.57. The molecule has 184 valence electrons. The molecule has 0 spiro atoms. The quantitative estimate of drug-likeness (QED) is 0.466. The molecule has 35 heavy (non-hydrogen) atoms. The number of amides is 1. The number of carbonyl (C=O) groups is 1. The summed E-state index contributed by atoms with van der Waals surface area (Å²) in [7, 11) is 0. The molecular formula is C29H33ClFN3O. The van der Waals surface area contributed by atoms with Crippen LogP contribution in [-0.2, 0) is 11.2 Å². The van der Waals surface area contributed by atoms with Crippen LogP contribution < -0.4 is 0 Å². The normalized spacial score (nSPS) is 24.0. The lowest BCUT2D eigenvalue weighted by Crippen LogP contribution is -2.72. The monoisotopic (exact) mass is 493 g/mol. The standard InChI is InChI=1S/C29H33ClFN3O/c30-26-8-4-7-24(28(26)31)18-27(35)33-19-29(20-33,13-14-32)34-15-11-21(12-16-34)9-10-23-17-25(23)22-5-2-1-3-6-22/h1-8,21,23,25H,9-13,15-20H2. The Morgan fingerprint density at radius 3 is 2.54 bits per heavy atom. The maximum Gasteiger partial charge on any atom is 0.227 e. The Kier molecular flexibility index (Phi) is 7.14. The molecular weight excluding hydrogens is 461 g/mol. The molecule has 1 amide bonds. The van der Waals surface area contributed by atoms with Crippen molar-refractivity contribution in [3.8, 4) is 6.07 Å². The van der Waals surface area contributed by atoms with Gasteiger partial charge in [0.15, 0.2) is 0 Å². The molecule has 2 heterocycles. The van der Waals surface area contributed by atoms with Gasteiger partial charge in [-0.2, -0.15) is 5.26 Å². The fraction of sp³-hybridized carbons (Fsp3) is 0.517. The summed E-state index contributed by atoms with van der Waals surface area (Å²) in [6, 6.07) is 18.0. The minimum atomic E-state index is -0.519. The fourth-order valence-corrected chi connectivity index (χ4v) is 6.39. The van der Waals surface area contributed by atoms with Crippen LogP contribution in [0.3, 0.4) is 0 Å². The summed E-state index contributed by atoms with van der Waals surface area (Å²) >= 11 is 5.86. The summed E-state index contributed by atoms with van der Waals surface area (Å²) < 4.78 is 14.2. The van der Waals surface area contributed by atoms with Gasteiger partial charge in [0.2, 0.25) is 5.91 Å². The summed E-state index contributed by atoms with van der Waals surface area (Å²) in [6.45, 7) is 3.08. The van der Waals surface area contributed by atoms with E-state index in [9.17, 15) is 14.4 Å². The topological polar surface area (TPSA) is 47.3 Å². The van der Waals surface area contributed by atoms with Gasteiger partial charge in [0.25, 0.3) is 0 Å². The molecule has 0 N–H and O–H groups in total. The molecule has 2 aliphatic heterocycles. The Hall–Kier alpha value is -2.42. The summed E-state index contributed by atoms with van der Waals surface area (Å²) in [6.07, 6.45) is 6.70. The second-order valence-electron chi connectivity index (χ2n) is 10.7. The lowest BCUT2D eigenvalue weighted by Gasteiger charge is -2.56. The van der Waals surface area contributed by atoms with Gasteiger partial charge < -0.3 is 4.90 Å². The van der Waals surface area contributed by atoms with Gasteiger partial charge in [-0.05, 0) is 73.7 Å². The Balaban J connectivity index is 1.09. The van der Waals surface area contributed by atoms with Crippen LogP contribution in [0.2, 0.25) is 5.02 Å². The second-order valence-corrected chi connectivity index (χ2v) is 11.1. The number of nitriles is 1. The number of piperidine rings is 1. The zero-order chi connectivity index (χ0) is 24.4. The van der Waals surface area contributed by atoms with Crippen molar-refractivity contribution in [2.75, 3.05) is 26.2 Å². The van der Waals surface area contributed by atoms with E-state index in [1.54, 1.807) is 17.0 Å². The number of likely N-dealkylation sites (tertiary alicyclic amines) is 2. The van der Waals surface area contributed by atoms with Crippen LogP contribution in [0.15, 0.2) is 48.5 Å². The van der Waals surface area contributed by atoms with Crippen molar-refractivity contribution in [1.29, 1.82) is 5.26 Å². The predicted molar refractivity (Wildman–Crippen MR) is 135 cm³/mol. The van der Waals surface area contributed by atoms with Crippen LogP contribution in [0.1, 0.15) is 55.6 Å². The van der Waals surface area contributed by atoms with Gasteiger partial charge in [-0.15, -0.1) is 0 Å². The smallest absolute Gasteiger partial charge is 0.227 e. The van der Waals surface area contributed by atoms with Crippen molar-refractivity contribution < 1.29 is 9.18 Å². The van der Waals surface area contributed by atoms with Crippen molar-refractivity contribution in [3.05, 3.63) is 70.5 Å². The molecule has 2 saturated heterocycles. The minimum Gasteiger partial charge on any atom is -0.338 e. The van der Waals surface area contributed by atoms with Gasteiger partial charge in [-0.1, -0.05) is 60.5 Å². The molecule has 0 aromatic heterocycles. The van der Waals surface area contributed by atoms with Crippen LogP contribution in [0.25, 0.3) is 0 Å². The number of rotatable bonds is 8. The Labute approximate surface area is 212 Å². The molecule has 6 heteroatoms. The van der Waals surface area contributed by atoms with Gasteiger partial charge in [-0.3, -0.25) is 9.69 Å². The summed E-state index contributed by atoms with van der Waals surface area (Å²) in [5.74, 6) is 1.73. The predicted octanol–water partition coefficient (Wildman–Crippen LogP) is 5.81. The minimum absolute atomic E-state index is 0.00223. The van der Waals surface area contributed by atoms with Crippen LogP contribution in [-0.4, -0.2) is 47.4 Å². The highest BCUT2D eigenvalue weighted by molar-refractivity contribution is 6.30. The van der Waals surface area contributed by atoms with Crippen LogP contribution in [0, 0.1) is 29.0 Å². The van der Waals surface area contributed by atoms with Crippen LogP contribution in [0.5, 0.6) is 0 Å². The largest absolute Gasteiger partial charge is 0.338 e. The lowest BCUT2D eigenvalue weighted by atomic mass is 9.81. The van der Waals surface area contributed by atoms with E-state index in [4.69, 9.17) is 11.6 Å². The zero-order valence-electron chi connectivity index (χ0n) is 20.1. The molecule has 2 atom stereocenters. The third-order valence-electron chi connectivity index (χ3n) is 8.49. The van der Waals surface area contributed by atoms with Gasteiger partial charge in [0.05, 0.1) is 29.5 Å². The molecule has 2 aromatic rings. The first kappa shape index (κ1) is 24.3. The Morgan fingerprint density at radius 2 is 1.83 bits per heavy atom. The SMILES string of the molecule is N#CCC1(N2CCC(CCC3CC3c3ccccc3)CC2)CN(C(=O)Cc2cccc(Cl)c2F)C1. The Morgan fingerprint density at radius 1 is 1.09 bits per heavy atom. The maximum absolute atomic E-state index is 14.2. The average molecular weight is 494 g/mol. The third-order valence-corrected chi connectivity index (χ3v) is 8.78. The van der Waals surface area contributed by atoms with E-state index in [2.05, 4.69) is 41.3 Å². The number of hydrogen-bond donors (Lipinski definition) is 0.